The third-order valence-corrected chi connectivity index (χ3v) is 5.44. The van der Waals surface area contributed by atoms with Gasteiger partial charge in [0.2, 0.25) is 0 Å². The quantitative estimate of drug-likeness (QED) is 0.288. The van der Waals surface area contributed by atoms with E-state index in [1.807, 2.05) is 62.4 Å². The Kier molecular flexibility index (Phi) is 7.11. The summed E-state index contributed by atoms with van der Waals surface area (Å²) in [6.07, 6.45) is 1.80. The normalized spacial score (nSPS) is 11.4. The molecule has 0 amide bonds. The average molecular weight is 423 g/mol. The van der Waals surface area contributed by atoms with Gasteiger partial charge < -0.3 is 10.6 Å². The van der Waals surface area contributed by atoms with Crippen LogP contribution in [0.25, 0.3) is 0 Å². The topological polar surface area (TPSA) is 41.1 Å². The van der Waals surface area contributed by atoms with E-state index in [-0.39, 0.29) is 5.78 Å². The van der Waals surface area contributed by atoms with Gasteiger partial charge in [0.25, 0.3) is 0 Å². The number of aryl methyl sites for hydroxylation is 2. The summed E-state index contributed by atoms with van der Waals surface area (Å²) in [4.78, 5) is 12.9. The zero-order chi connectivity index (χ0) is 23.3. The third-order valence-electron chi connectivity index (χ3n) is 5.44. The molecule has 3 rings (SSSR count). The van der Waals surface area contributed by atoms with Crippen LogP contribution in [0, 0.1) is 13.8 Å². The summed E-state index contributed by atoms with van der Waals surface area (Å²) in [5.41, 5.74) is 9.51. The molecule has 3 nitrogen and oxygen atoms in total. The zero-order valence-electron chi connectivity index (χ0n) is 19.3. The van der Waals surface area contributed by atoms with Crippen molar-refractivity contribution in [1.29, 1.82) is 0 Å². The van der Waals surface area contributed by atoms with E-state index >= 15 is 0 Å². The summed E-state index contributed by atoms with van der Waals surface area (Å²) in [7, 11) is 0. The highest BCUT2D eigenvalue weighted by Crippen LogP contribution is 2.25. The monoisotopic (exact) mass is 422 g/mol. The summed E-state index contributed by atoms with van der Waals surface area (Å²) in [6.45, 7) is 16.0. The molecule has 0 atom stereocenters. The van der Waals surface area contributed by atoms with Crippen LogP contribution < -0.4 is 10.6 Å². The van der Waals surface area contributed by atoms with E-state index in [1.165, 1.54) is 11.1 Å². The van der Waals surface area contributed by atoms with Crippen LogP contribution >= 0.6 is 0 Å². The van der Waals surface area contributed by atoms with E-state index in [0.29, 0.717) is 11.1 Å². The van der Waals surface area contributed by atoms with E-state index < -0.39 is 0 Å². The van der Waals surface area contributed by atoms with Crippen LogP contribution in [0.5, 0.6) is 0 Å². The Labute approximate surface area is 191 Å². The number of carbonyl (C=O) groups is 1. The molecule has 162 valence electrons. The predicted molar refractivity (Wildman–Crippen MR) is 137 cm³/mol. The number of hydrogen-bond acceptors (Lipinski definition) is 3. The lowest BCUT2D eigenvalue weighted by Crippen LogP contribution is -2.05. The van der Waals surface area contributed by atoms with Crippen LogP contribution in [0.2, 0.25) is 0 Å². The van der Waals surface area contributed by atoms with Gasteiger partial charge in [-0.1, -0.05) is 37.4 Å². The summed E-state index contributed by atoms with van der Waals surface area (Å²) in [6, 6.07) is 21.3. The first kappa shape index (κ1) is 22.8. The molecule has 0 heterocycles. The fourth-order valence-corrected chi connectivity index (χ4v) is 3.52. The van der Waals surface area contributed by atoms with Gasteiger partial charge in [0.1, 0.15) is 0 Å². The molecular formula is C29H30N2O. The highest BCUT2D eigenvalue weighted by molar-refractivity contribution is 6.09. The minimum Gasteiger partial charge on any atom is -0.355 e. The van der Waals surface area contributed by atoms with Gasteiger partial charge in [0, 0.05) is 33.9 Å². The number of carbonyl (C=O) groups excluding carboxylic acids is 1. The van der Waals surface area contributed by atoms with Gasteiger partial charge >= 0.3 is 0 Å². The number of anilines is 3. The number of hydrogen-bond donors (Lipinski definition) is 2. The highest BCUT2D eigenvalue weighted by Gasteiger charge is 2.10. The minimum atomic E-state index is -0.00638. The maximum absolute atomic E-state index is 12.9. The molecule has 0 aliphatic rings. The van der Waals surface area contributed by atoms with E-state index in [1.54, 1.807) is 6.08 Å². The van der Waals surface area contributed by atoms with Crippen LogP contribution in [0.4, 0.5) is 17.1 Å². The van der Waals surface area contributed by atoms with Crippen LogP contribution in [0.1, 0.15) is 40.9 Å². The molecule has 0 saturated heterocycles. The molecule has 0 radical (unpaired) electrons. The summed E-state index contributed by atoms with van der Waals surface area (Å²) < 4.78 is 0. The Bertz CT molecular complexity index is 1160. The molecule has 0 unspecified atom stereocenters. The number of para-hydroxylation sites is 1. The molecule has 0 fully saturated rings. The molecule has 3 heteroatoms. The average Bonchev–Trinajstić information content (AvgIpc) is 2.79. The van der Waals surface area contributed by atoms with Crippen molar-refractivity contribution >= 4 is 22.8 Å². The standard InChI is InChI=1S/C29H30N2O/c1-7-20(4)27(19(2)3)30-25-15-11-23(12-16-25)29(32)24-13-17-26(18-14-24)31-28-21(5)9-8-10-22(28)6/h7-18,30-31H,1-2H2,3-6H3/b27-20+. The number of allylic oxidation sites excluding steroid dienone is 3. The Morgan fingerprint density at radius 2 is 1.31 bits per heavy atom. The number of nitrogens with one attached hydrogen (secondary N) is 2. The Morgan fingerprint density at radius 3 is 1.78 bits per heavy atom. The molecule has 2 N–H and O–H groups in total. The second kappa shape index (κ2) is 9.97. The first-order valence-corrected chi connectivity index (χ1v) is 10.6. The first-order chi connectivity index (χ1) is 15.3. The van der Waals surface area contributed by atoms with Crippen molar-refractivity contribution in [2.24, 2.45) is 0 Å². The summed E-state index contributed by atoms with van der Waals surface area (Å²) >= 11 is 0. The molecule has 0 saturated carbocycles. The largest absolute Gasteiger partial charge is 0.355 e. The van der Waals surface area contributed by atoms with Gasteiger partial charge in [-0.2, -0.15) is 0 Å². The Morgan fingerprint density at radius 1 is 0.812 bits per heavy atom. The second-order valence-electron chi connectivity index (χ2n) is 8.04. The predicted octanol–water partition coefficient (Wildman–Crippen LogP) is 7.73. The van der Waals surface area contributed by atoms with Crippen LogP contribution in [0.3, 0.4) is 0 Å². The lowest BCUT2D eigenvalue weighted by atomic mass is 10.0. The van der Waals surface area contributed by atoms with Gasteiger partial charge in [-0.05, 0) is 98.5 Å². The van der Waals surface area contributed by atoms with Crippen molar-refractivity contribution in [2.75, 3.05) is 10.6 Å². The second-order valence-corrected chi connectivity index (χ2v) is 8.04. The zero-order valence-corrected chi connectivity index (χ0v) is 19.3. The van der Waals surface area contributed by atoms with Crippen molar-refractivity contribution in [3.63, 3.8) is 0 Å². The van der Waals surface area contributed by atoms with Crippen molar-refractivity contribution < 1.29 is 4.79 Å². The molecule has 0 aliphatic carbocycles. The van der Waals surface area contributed by atoms with Crippen molar-refractivity contribution in [2.45, 2.75) is 27.7 Å². The maximum atomic E-state index is 12.9. The third kappa shape index (κ3) is 5.25. The smallest absolute Gasteiger partial charge is 0.193 e. The Balaban J connectivity index is 1.74. The summed E-state index contributed by atoms with van der Waals surface area (Å²) in [5.74, 6) is -0.00638. The first-order valence-electron chi connectivity index (χ1n) is 10.6. The Hall–Kier alpha value is -3.85. The molecular weight excluding hydrogens is 392 g/mol. The van der Waals surface area contributed by atoms with Crippen LogP contribution in [-0.2, 0) is 0 Å². The fourth-order valence-electron chi connectivity index (χ4n) is 3.52. The minimum absolute atomic E-state index is 0.00638. The van der Waals surface area contributed by atoms with E-state index in [9.17, 15) is 4.79 Å². The number of rotatable bonds is 8. The lowest BCUT2D eigenvalue weighted by molar-refractivity contribution is 0.103. The van der Waals surface area contributed by atoms with Gasteiger partial charge in [-0.15, -0.1) is 0 Å². The highest BCUT2D eigenvalue weighted by atomic mass is 16.1. The van der Waals surface area contributed by atoms with Gasteiger partial charge in [-0.3, -0.25) is 4.79 Å². The van der Waals surface area contributed by atoms with Gasteiger partial charge in [0.05, 0.1) is 0 Å². The molecule has 32 heavy (non-hydrogen) atoms. The van der Waals surface area contributed by atoms with Crippen LogP contribution in [-0.4, -0.2) is 5.78 Å². The van der Waals surface area contributed by atoms with Gasteiger partial charge in [0.15, 0.2) is 5.78 Å². The van der Waals surface area contributed by atoms with Crippen molar-refractivity contribution in [3.8, 4) is 0 Å². The molecule has 3 aromatic carbocycles. The van der Waals surface area contributed by atoms with Crippen molar-refractivity contribution in [1.82, 2.24) is 0 Å². The van der Waals surface area contributed by atoms with E-state index in [0.717, 1.165) is 33.9 Å². The van der Waals surface area contributed by atoms with Crippen LogP contribution in [0.15, 0.2) is 103 Å². The maximum Gasteiger partial charge on any atom is 0.193 e. The lowest BCUT2D eigenvalue weighted by Gasteiger charge is -2.14. The molecule has 0 bridgehead atoms. The van der Waals surface area contributed by atoms with Crippen molar-refractivity contribution in [3.05, 3.63) is 125 Å². The molecule has 3 aromatic rings. The summed E-state index contributed by atoms with van der Waals surface area (Å²) in [5, 5.41) is 6.82. The van der Waals surface area contributed by atoms with Gasteiger partial charge in [-0.25, -0.2) is 0 Å². The molecule has 0 aliphatic heterocycles. The molecule has 0 aromatic heterocycles. The number of ketones is 1. The van der Waals surface area contributed by atoms with E-state index in [4.69, 9.17) is 0 Å². The number of benzene rings is 3. The molecule has 0 spiro atoms. The van der Waals surface area contributed by atoms with E-state index in [2.05, 4.69) is 55.8 Å². The fraction of sp³-hybridized carbons (Fsp3) is 0.138. The SMILES string of the molecule is C=C/C(C)=C(/Nc1ccc(C(=O)c2ccc(Nc3c(C)cccc3C)cc2)cc1)C(=C)C.